The second kappa shape index (κ2) is 6.18. The lowest BCUT2D eigenvalue weighted by atomic mass is 10.3. The lowest BCUT2D eigenvalue weighted by molar-refractivity contribution is 0.583. The van der Waals surface area contributed by atoms with E-state index in [2.05, 4.69) is 10.0 Å². The lowest BCUT2D eigenvalue weighted by Crippen LogP contribution is -2.22. The highest BCUT2D eigenvalue weighted by atomic mass is 32.2. The molecule has 0 amide bonds. The van der Waals surface area contributed by atoms with Crippen LogP contribution in [0.3, 0.4) is 0 Å². The average Bonchev–Trinajstić information content (AvgIpc) is 2.98. The molecule has 4 nitrogen and oxygen atoms in total. The predicted molar refractivity (Wildman–Crippen MR) is 87.3 cm³/mol. The highest BCUT2D eigenvalue weighted by molar-refractivity contribution is 7.91. The van der Waals surface area contributed by atoms with Gasteiger partial charge in [0.05, 0.1) is 0 Å². The van der Waals surface area contributed by atoms with Crippen molar-refractivity contribution < 1.29 is 8.42 Å². The van der Waals surface area contributed by atoms with E-state index in [1.165, 1.54) is 24.2 Å². The molecule has 2 heterocycles. The van der Waals surface area contributed by atoms with E-state index in [0.29, 0.717) is 16.8 Å². The molecule has 0 radical (unpaired) electrons. The minimum absolute atomic E-state index is 0.346. The molecule has 2 aromatic rings. The second-order valence-corrected chi connectivity index (χ2v) is 9.19. The van der Waals surface area contributed by atoms with Crippen LogP contribution >= 0.6 is 22.7 Å². The molecule has 0 bridgehead atoms. The van der Waals surface area contributed by atoms with Crippen LogP contribution in [-0.4, -0.2) is 14.5 Å². The molecule has 3 rings (SSSR count). The van der Waals surface area contributed by atoms with Crippen LogP contribution in [0, 0.1) is 6.92 Å². The maximum absolute atomic E-state index is 12.3. The third-order valence-electron chi connectivity index (χ3n) is 3.44. The number of hydrogen-bond donors (Lipinski definition) is 2. The van der Waals surface area contributed by atoms with Gasteiger partial charge in [-0.3, -0.25) is 0 Å². The summed E-state index contributed by atoms with van der Waals surface area (Å²) in [7, 11) is -3.42. The molecule has 0 atom stereocenters. The average molecular weight is 343 g/mol. The van der Waals surface area contributed by atoms with E-state index in [9.17, 15) is 8.42 Å². The summed E-state index contributed by atoms with van der Waals surface area (Å²) >= 11 is 2.93. The van der Waals surface area contributed by atoms with Crippen molar-refractivity contribution in [3.63, 3.8) is 0 Å². The maximum atomic E-state index is 12.3. The molecule has 0 saturated heterocycles. The van der Waals surface area contributed by atoms with E-state index < -0.39 is 10.0 Å². The summed E-state index contributed by atoms with van der Waals surface area (Å²) in [5, 5.41) is 7.33. The first-order valence-corrected chi connectivity index (χ1v) is 10.1. The summed E-state index contributed by atoms with van der Waals surface area (Å²) in [4.78, 5) is 1.11. The van der Waals surface area contributed by atoms with Crippen LogP contribution in [0.4, 0.5) is 0 Å². The van der Waals surface area contributed by atoms with Crippen molar-refractivity contribution >= 4 is 32.7 Å². The molecule has 1 saturated carbocycles. The van der Waals surface area contributed by atoms with Crippen LogP contribution < -0.4 is 10.0 Å². The fourth-order valence-electron chi connectivity index (χ4n) is 1.96. The summed E-state index contributed by atoms with van der Waals surface area (Å²) in [6.45, 7) is 3.08. The second-order valence-electron chi connectivity index (χ2n) is 5.28. The molecule has 1 aliphatic carbocycles. The van der Waals surface area contributed by atoms with Crippen LogP contribution in [0.1, 0.15) is 28.8 Å². The first kappa shape index (κ1) is 15.2. The molecule has 7 heteroatoms. The molecule has 0 spiro atoms. The molecule has 0 aliphatic heterocycles. The van der Waals surface area contributed by atoms with Gasteiger partial charge >= 0.3 is 0 Å². The molecule has 2 N–H and O–H groups in total. The van der Waals surface area contributed by atoms with E-state index in [1.54, 1.807) is 17.4 Å². The third-order valence-corrected chi connectivity index (χ3v) is 7.28. The van der Waals surface area contributed by atoms with Crippen molar-refractivity contribution in [3.8, 4) is 0 Å². The molecule has 0 unspecified atom stereocenters. The van der Waals surface area contributed by atoms with Crippen molar-refractivity contribution in [3.05, 3.63) is 38.9 Å². The zero-order valence-electron chi connectivity index (χ0n) is 11.8. The van der Waals surface area contributed by atoms with Gasteiger partial charge in [0.25, 0.3) is 0 Å². The Morgan fingerprint density at radius 1 is 1.33 bits per heavy atom. The third kappa shape index (κ3) is 3.92. The van der Waals surface area contributed by atoms with Gasteiger partial charge in [0.2, 0.25) is 10.0 Å². The Kier molecular flexibility index (Phi) is 4.46. The van der Waals surface area contributed by atoms with Crippen molar-refractivity contribution in [1.29, 1.82) is 0 Å². The van der Waals surface area contributed by atoms with Crippen LogP contribution in [-0.2, 0) is 23.1 Å². The highest BCUT2D eigenvalue weighted by Gasteiger charge is 2.22. The van der Waals surface area contributed by atoms with Gasteiger partial charge < -0.3 is 5.32 Å². The quantitative estimate of drug-likeness (QED) is 0.813. The predicted octanol–water partition coefficient (Wildman–Crippen LogP) is 2.85. The Morgan fingerprint density at radius 3 is 2.81 bits per heavy atom. The summed E-state index contributed by atoms with van der Waals surface area (Å²) in [6.07, 6.45) is 2.47. The van der Waals surface area contributed by atoms with Gasteiger partial charge in [-0.05, 0) is 53.8 Å². The SMILES string of the molecule is Cc1cc(S(=O)(=O)NCc2ccsc2)sc1CNC1CC1. The standard InChI is InChI=1S/C14H18N2O2S3/c1-10-6-14(20-13(10)8-15-12-2-3-12)21(17,18)16-7-11-4-5-19-9-11/h4-6,9,12,15-16H,2-3,7-8H2,1H3. The Morgan fingerprint density at radius 2 is 2.14 bits per heavy atom. The fourth-order valence-corrected chi connectivity index (χ4v) is 5.23. The number of hydrogen-bond acceptors (Lipinski definition) is 5. The van der Waals surface area contributed by atoms with E-state index >= 15 is 0 Å². The first-order valence-electron chi connectivity index (χ1n) is 6.88. The maximum Gasteiger partial charge on any atom is 0.250 e. The monoisotopic (exact) mass is 342 g/mol. The van der Waals surface area contributed by atoms with Gasteiger partial charge in [-0.1, -0.05) is 0 Å². The van der Waals surface area contributed by atoms with E-state index in [-0.39, 0.29) is 0 Å². The molecule has 1 aliphatic rings. The van der Waals surface area contributed by atoms with E-state index in [1.807, 2.05) is 23.8 Å². The molecular weight excluding hydrogens is 324 g/mol. The number of sulfonamides is 1. The van der Waals surface area contributed by atoms with Crippen LogP contribution in [0.5, 0.6) is 0 Å². The van der Waals surface area contributed by atoms with Gasteiger partial charge in [-0.2, -0.15) is 11.3 Å². The molecule has 0 aromatic carbocycles. The summed E-state index contributed by atoms with van der Waals surface area (Å²) in [6, 6.07) is 4.32. The van der Waals surface area contributed by atoms with Crippen LogP contribution in [0.15, 0.2) is 27.1 Å². The van der Waals surface area contributed by atoms with E-state index in [0.717, 1.165) is 22.5 Å². The minimum atomic E-state index is -3.42. The van der Waals surface area contributed by atoms with Gasteiger partial charge in [-0.25, -0.2) is 13.1 Å². The number of rotatable bonds is 7. The minimum Gasteiger partial charge on any atom is -0.309 e. The molecule has 114 valence electrons. The normalized spacial score (nSPS) is 15.5. The van der Waals surface area contributed by atoms with Gasteiger partial charge in [0.15, 0.2) is 0 Å². The van der Waals surface area contributed by atoms with Crippen LogP contribution in [0.2, 0.25) is 0 Å². The Bertz CT molecular complexity index is 701. The number of nitrogens with one attached hydrogen (secondary N) is 2. The number of thiophene rings is 2. The first-order chi connectivity index (χ1) is 10.0. The zero-order valence-corrected chi connectivity index (χ0v) is 14.2. The molecule has 21 heavy (non-hydrogen) atoms. The highest BCUT2D eigenvalue weighted by Crippen LogP contribution is 2.27. The van der Waals surface area contributed by atoms with Gasteiger partial charge in [0.1, 0.15) is 4.21 Å². The molecule has 1 fully saturated rings. The smallest absolute Gasteiger partial charge is 0.250 e. The fraction of sp³-hybridized carbons (Fsp3) is 0.429. The zero-order chi connectivity index (χ0) is 14.9. The van der Waals surface area contributed by atoms with Crippen molar-refractivity contribution in [2.24, 2.45) is 0 Å². The van der Waals surface area contributed by atoms with Gasteiger partial charge in [0, 0.05) is 24.0 Å². The van der Waals surface area contributed by atoms with Crippen molar-refractivity contribution in [2.75, 3.05) is 0 Å². The van der Waals surface area contributed by atoms with E-state index in [4.69, 9.17) is 0 Å². The topological polar surface area (TPSA) is 58.2 Å². The summed E-state index contributed by atoms with van der Waals surface area (Å²) in [5.41, 5.74) is 2.04. The Balaban J connectivity index is 1.67. The largest absolute Gasteiger partial charge is 0.309 e. The Labute approximate surface area is 133 Å². The Hall–Kier alpha value is -0.730. The molecular formula is C14H18N2O2S3. The van der Waals surface area contributed by atoms with Gasteiger partial charge in [-0.15, -0.1) is 11.3 Å². The van der Waals surface area contributed by atoms with Crippen molar-refractivity contribution in [1.82, 2.24) is 10.0 Å². The van der Waals surface area contributed by atoms with Crippen molar-refractivity contribution in [2.45, 2.75) is 43.1 Å². The molecule has 2 aromatic heterocycles. The lowest BCUT2D eigenvalue weighted by Gasteiger charge is -2.03. The number of aryl methyl sites for hydroxylation is 1. The van der Waals surface area contributed by atoms with Crippen LogP contribution in [0.25, 0.3) is 0 Å². The summed E-state index contributed by atoms with van der Waals surface area (Å²) in [5.74, 6) is 0. The summed E-state index contributed by atoms with van der Waals surface area (Å²) < 4.78 is 27.7.